The van der Waals surface area contributed by atoms with E-state index in [-0.39, 0.29) is 11.6 Å². The van der Waals surface area contributed by atoms with Gasteiger partial charge in [-0.15, -0.1) is 0 Å². The van der Waals surface area contributed by atoms with Crippen LogP contribution in [-0.2, 0) is 7.05 Å². The molecule has 0 unspecified atom stereocenters. The number of hydrogen-bond acceptors (Lipinski definition) is 4. The standard InChI is InChI=1S/C17H16N4O3/c1-20(2)16(22)11-4-6-13(18-9-11)10-5-7-14-12(8-10)15(17(23)24)19-21(14)3/h4-9H,1-3H3,(H,23,24). The highest BCUT2D eigenvalue weighted by molar-refractivity contribution is 6.02. The molecule has 7 heteroatoms. The van der Waals surface area contributed by atoms with Gasteiger partial charge < -0.3 is 10.0 Å². The van der Waals surface area contributed by atoms with Crippen molar-refractivity contribution in [3.63, 3.8) is 0 Å². The number of pyridine rings is 1. The van der Waals surface area contributed by atoms with Crippen molar-refractivity contribution in [2.45, 2.75) is 0 Å². The van der Waals surface area contributed by atoms with Crippen LogP contribution in [-0.4, -0.2) is 50.7 Å². The number of rotatable bonds is 3. The zero-order valence-corrected chi connectivity index (χ0v) is 13.5. The topological polar surface area (TPSA) is 88.3 Å². The molecule has 0 aliphatic heterocycles. The van der Waals surface area contributed by atoms with Crippen LogP contribution in [0.5, 0.6) is 0 Å². The van der Waals surface area contributed by atoms with Gasteiger partial charge in [-0.3, -0.25) is 14.5 Å². The predicted molar refractivity (Wildman–Crippen MR) is 88.9 cm³/mol. The molecule has 122 valence electrons. The first-order valence-corrected chi connectivity index (χ1v) is 7.26. The van der Waals surface area contributed by atoms with Crippen LogP contribution < -0.4 is 0 Å². The quantitative estimate of drug-likeness (QED) is 0.796. The summed E-state index contributed by atoms with van der Waals surface area (Å²) in [7, 11) is 5.06. The average molecular weight is 324 g/mol. The summed E-state index contributed by atoms with van der Waals surface area (Å²) in [4.78, 5) is 29.0. The van der Waals surface area contributed by atoms with E-state index in [0.29, 0.717) is 16.6 Å². The number of amides is 1. The number of carbonyl (C=O) groups excluding carboxylic acids is 1. The van der Waals surface area contributed by atoms with Gasteiger partial charge in [0.1, 0.15) is 0 Å². The van der Waals surface area contributed by atoms with E-state index in [9.17, 15) is 14.7 Å². The van der Waals surface area contributed by atoms with Crippen LogP contribution in [0.15, 0.2) is 36.5 Å². The minimum atomic E-state index is -1.07. The van der Waals surface area contributed by atoms with Gasteiger partial charge in [-0.25, -0.2) is 4.79 Å². The molecule has 3 aromatic rings. The van der Waals surface area contributed by atoms with E-state index < -0.39 is 5.97 Å². The lowest BCUT2D eigenvalue weighted by Crippen LogP contribution is -2.21. The smallest absolute Gasteiger partial charge is 0.357 e. The maximum Gasteiger partial charge on any atom is 0.357 e. The van der Waals surface area contributed by atoms with Gasteiger partial charge in [0.15, 0.2) is 5.69 Å². The molecule has 0 radical (unpaired) electrons. The Bertz CT molecular complexity index is 942. The van der Waals surface area contributed by atoms with Crippen LogP contribution in [0.4, 0.5) is 0 Å². The molecular weight excluding hydrogens is 308 g/mol. The molecule has 0 saturated carbocycles. The Morgan fingerprint density at radius 1 is 1.17 bits per heavy atom. The van der Waals surface area contributed by atoms with Crippen LogP contribution in [0.3, 0.4) is 0 Å². The molecule has 0 saturated heterocycles. The van der Waals surface area contributed by atoms with Gasteiger partial charge in [0, 0.05) is 38.3 Å². The van der Waals surface area contributed by atoms with E-state index in [2.05, 4.69) is 10.1 Å². The number of hydrogen-bond donors (Lipinski definition) is 1. The molecule has 24 heavy (non-hydrogen) atoms. The molecule has 1 N–H and O–H groups in total. The van der Waals surface area contributed by atoms with Gasteiger partial charge in [0.2, 0.25) is 0 Å². The summed E-state index contributed by atoms with van der Waals surface area (Å²) < 4.78 is 1.54. The second-order valence-corrected chi connectivity index (χ2v) is 5.64. The minimum absolute atomic E-state index is 0.00811. The molecule has 0 fully saturated rings. The van der Waals surface area contributed by atoms with Crippen molar-refractivity contribution >= 4 is 22.8 Å². The fourth-order valence-corrected chi connectivity index (χ4v) is 2.53. The van der Waals surface area contributed by atoms with Gasteiger partial charge in [0.25, 0.3) is 5.91 Å². The first kappa shape index (κ1) is 15.7. The van der Waals surface area contributed by atoms with E-state index in [1.54, 1.807) is 39.3 Å². The van der Waals surface area contributed by atoms with Crippen molar-refractivity contribution in [3.8, 4) is 11.3 Å². The maximum absolute atomic E-state index is 11.9. The van der Waals surface area contributed by atoms with E-state index in [1.165, 1.54) is 15.8 Å². The van der Waals surface area contributed by atoms with Crippen molar-refractivity contribution < 1.29 is 14.7 Å². The number of carbonyl (C=O) groups is 2. The van der Waals surface area contributed by atoms with E-state index >= 15 is 0 Å². The lowest BCUT2D eigenvalue weighted by atomic mass is 10.1. The Hall–Kier alpha value is -3.22. The third kappa shape index (κ3) is 2.60. The minimum Gasteiger partial charge on any atom is -0.476 e. The van der Waals surface area contributed by atoms with Crippen molar-refractivity contribution in [3.05, 3.63) is 47.8 Å². The summed E-state index contributed by atoms with van der Waals surface area (Å²) in [5, 5.41) is 13.9. The monoisotopic (exact) mass is 324 g/mol. The van der Waals surface area contributed by atoms with Crippen molar-refractivity contribution in [1.82, 2.24) is 19.7 Å². The maximum atomic E-state index is 11.9. The van der Waals surface area contributed by atoms with Crippen LogP contribution in [0.1, 0.15) is 20.8 Å². The Morgan fingerprint density at radius 3 is 2.50 bits per heavy atom. The number of fused-ring (bicyclic) bond motifs is 1. The highest BCUT2D eigenvalue weighted by atomic mass is 16.4. The molecule has 3 rings (SSSR count). The summed E-state index contributed by atoms with van der Waals surface area (Å²) in [5.41, 5.74) is 2.66. The predicted octanol–water partition coefficient (Wildman–Crippen LogP) is 2.04. The summed E-state index contributed by atoms with van der Waals surface area (Å²) in [6.07, 6.45) is 1.52. The Kier molecular flexibility index (Phi) is 3.76. The Labute approximate surface area is 138 Å². The van der Waals surface area contributed by atoms with E-state index in [0.717, 1.165) is 11.1 Å². The van der Waals surface area contributed by atoms with Crippen molar-refractivity contribution in [2.75, 3.05) is 14.1 Å². The highest BCUT2D eigenvalue weighted by Gasteiger charge is 2.16. The van der Waals surface area contributed by atoms with Gasteiger partial charge in [0.05, 0.1) is 16.8 Å². The Morgan fingerprint density at radius 2 is 1.92 bits per heavy atom. The summed E-state index contributed by atoms with van der Waals surface area (Å²) in [5.74, 6) is -1.19. The molecule has 0 bridgehead atoms. The third-order valence-electron chi connectivity index (χ3n) is 3.77. The van der Waals surface area contributed by atoms with E-state index in [4.69, 9.17) is 0 Å². The SMILES string of the molecule is CN(C)C(=O)c1ccc(-c2ccc3c(c2)c(C(=O)O)nn3C)nc1. The molecule has 2 aromatic heterocycles. The molecule has 7 nitrogen and oxygen atoms in total. The van der Waals surface area contributed by atoms with E-state index in [1.807, 2.05) is 12.1 Å². The van der Waals surface area contributed by atoms with Crippen LogP contribution in [0.25, 0.3) is 22.2 Å². The largest absolute Gasteiger partial charge is 0.476 e. The normalized spacial score (nSPS) is 10.8. The average Bonchev–Trinajstić information content (AvgIpc) is 2.91. The number of benzene rings is 1. The molecule has 0 aliphatic carbocycles. The highest BCUT2D eigenvalue weighted by Crippen LogP contribution is 2.25. The number of aromatic carboxylic acids is 1. The number of aromatic nitrogens is 3. The summed E-state index contributed by atoms with van der Waals surface area (Å²) in [6, 6.07) is 8.86. The molecule has 0 spiro atoms. The van der Waals surface area contributed by atoms with Gasteiger partial charge in [-0.05, 0) is 24.3 Å². The van der Waals surface area contributed by atoms with Crippen molar-refractivity contribution in [2.24, 2.45) is 7.05 Å². The van der Waals surface area contributed by atoms with Crippen LogP contribution in [0.2, 0.25) is 0 Å². The first-order valence-electron chi connectivity index (χ1n) is 7.26. The summed E-state index contributed by atoms with van der Waals surface area (Å²) >= 11 is 0. The molecule has 0 aliphatic rings. The lowest BCUT2D eigenvalue weighted by Gasteiger charge is -2.10. The second kappa shape index (κ2) is 5.77. The lowest BCUT2D eigenvalue weighted by molar-refractivity contribution is 0.0691. The second-order valence-electron chi connectivity index (χ2n) is 5.64. The zero-order chi connectivity index (χ0) is 17.4. The summed E-state index contributed by atoms with van der Waals surface area (Å²) in [6.45, 7) is 0. The number of aryl methyl sites for hydroxylation is 1. The Balaban J connectivity index is 2.05. The van der Waals surface area contributed by atoms with Crippen LogP contribution >= 0.6 is 0 Å². The molecular formula is C17H16N4O3. The number of carboxylic acids is 1. The van der Waals surface area contributed by atoms with Gasteiger partial charge >= 0.3 is 5.97 Å². The zero-order valence-electron chi connectivity index (χ0n) is 13.5. The van der Waals surface area contributed by atoms with Crippen LogP contribution in [0, 0.1) is 0 Å². The molecule has 0 atom stereocenters. The van der Waals surface area contributed by atoms with Gasteiger partial charge in [-0.1, -0.05) is 6.07 Å². The fourth-order valence-electron chi connectivity index (χ4n) is 2.53. The van der Waals surface area contributed by atoms with Crippen molar-refractivity contribution in [1.29, 1.82) is 0 Å². The number of nitrogens with zero attached hydrogens (tertiary/aromatic N) is 4. The third-order valence-corrected chi connectivity index (χ3v) is 3.77. The fraction of sp³-hybridized carbons (Fsp3) is 0.176. The molecule has 1 amide bonds. The first-order chi connectivity index (χ1) is 11.4. The molecule has 1 aromatic carbocycles. The number of carboxylic acid groups (broad SMARTS) is 1. The van der Waals surface area contributed by atoms with Gasteiger partial charge in [-0.2, -0.15) is 5.10 Å². The molecule has 2 heterocycles.